The summed E-state index contributed by atoms with van der Waals surface area (Å²) in [6.45, 7) is 8.72. The predicted octanol–water partition coefficient (Wildman–Crippen LogP) is 4.04. The molecule has 5 aliphatic rings. The van der Waals surface area contributed by atoms with Crippen LogP contribution >= 0.6 is 0 Å². The van der Waals surface area contributed by atoms with Crippen LogP contribution in [0.1, 0.15) is 72.6 Å². The first kappa shape index (κ1) is 16.5. The third-order valence-electron chi connectivity index (χ3n) is 9.46. The summed E-state index contributed by atoms with van der Waals surface area (Å²) in [6.07, 6.45) is 9.75. The Morgan fingerprint density at radius 3 is 2.68 bits per heavy atom. The van der Waals surface area contributed by atoms with Gasteiger partial charge in [-0.25, -0.2) is 0 Å². The molecule has 0 spiro atoms. The molecule has 25 heavy (non-hydrogen) atoms. The second-order valence-corrected chi connectivity index (χ2v) is 10.4. The molecule has 1 aliphatic heterocycles. The molecule has 1 saturated heterocycles. The number of aliphatic hydroxyl groups is 1. The average molecular weight is 344 g/mol. The monoisotopic (exact) mass is 344 g/mol. The lowest BCUT2D eigenvalue weighted by atomic mass is 9.47. The van der Waals surface area contributed by atoms with Crippen molar-refractivity contribution in [2.24, 2.45) is 28.6 Å². The van der Waals surface area contributed by atoms with E-state index in [0.29, 0.717) is 17.8 Å². The van der Waals surface area contributed by atoms with E-state index in [2.05, 4.69) is 26.8 Å². The molecule has 8 atom stereocenters. The topological polar surface area (TPSA) is 49.8 Å². The van der Waals surface area contributed by atoms with Gasteiger partial charge in [0.1, 0.15) is 5.60 Å². The Morgan fingerprint density at radius 1 is 1.20 bits per heavy atom. The lowest BCUT2D eigenvalue weighted by molar-refractivity contribution is -0.135. The lowest BCUT2D eigenvalue weighted by Crippen LogP contribution is -2.54. The number of allylic oxidation sites excluding steroid dienone is 1. The summed E-state index contributed by atoms with van der Waals surface area (Å²) in [5, 5.41) is 10.1. The van der Waals surface area contributed by atoms with Crippen LogP contribution in [-0.2, 0) is 9.53 Å². The molecule has 1 heterocycles. The molecular formula is C22H32O3. The third-order valence-corrected chi connectivity index (χ3v) is 9.46. The van der Waals surface area contributed by atoms with Crippen LogP contribution in [0, 0.1) is 28.6 Å². The quantitative estimate of drug-likeness (QED) is 0.577. The van der Waals surface area contributed by atoms with Gasteiger partial charge in [0.05, 0.1) is 6.10 Å². The first-order chi connectivity index (χ1) is 11.7. The summed E-state index contributed by atoms with van der Waals surface area (Å²) in [5.41, 5.74) is 1.05. The lowest BCUT2D eigenvalue weighted by Gasteiger charge is -2.58. The van der Waals surface area contributed by atoms with E-state index in [9.17, 15) is 9.90 Å². The minimum atomic E-state index is -0.511. The van der Waals surface area contributed by atoms with Crippen molar-refractivity contribution in [2.75, 3.05) is 0 Å². The van der Waals surface area contributed by atoms with E-state index < -0.39 is 5.60 Å². The van der Waals surface area contributed by atoms with Gasteiger partial charge in [0, 0.05) is 5.41 Å². The number of ether oxygens (including phenoxy) is 1. The van der Waals surface area contributed by atoms with Gasteiger partial charge in [-0.15, -0.1) is 0 Å². The van der Waals surface area contributed by atoms with Crippen molar-refractivity contribution in [1.29, 1.82) is 0 Å². The summed E-state index contributed by atoms with van der Waals surface area (Å²) in [4.78, 5) is 12.6. The normalized spacial score (nSPS) is 59.2. The number of hydrogen-bond donors (Lipinski definition) is 1. The molecule has 0 aromatic carbocycles. The van der Waals surface area contributed by atoms with Crippen molar-refractivity contribution in [1.82, 2.24) is 0 Å². The van der Waals surface area contributed by atoms with Crippen LogP contribution in [0.4, 0.5) is 0 Å². The van der Waals surface area contributed by atoms with Crippen molar-refractivity contribution < 1.29 is 14.6 Å². The molecule has 0 radical (unpaired) electrons. The minimum Gasteiger partial charge on any atom is -0.393 e. The SMILES string of the molecule is CC(=O)[C@@]12O[C@]1(C)C[C@H]1[C@@H]3CC=C4C[C@@H](O)CC[C@]4(C)[C@H]3CC[C@@]12C. The fourth-order valence-corrected chi connectivity index (χ4v) is 8.26. The highest BCUT2D eigenvalue weighted by molar-refractivity contribution is 5.91. The molecular weight excluding hydrogens is 312 g/mol. The molecule has 4 aliphatic carbocycles. The molecule has 5 rings (SSSR count). The van der Waals surface area contributed by atoms with Crippen molar-refractivity contribution in [3.8, 4) is 0 Å². The summed E-state index contributed by atoms with van der Waals surface area (Å²) in [5.74, 6) is 2.23. The van der Waals surface area contributed by atoms with E-state index in [1.165, 1.54) is 12.0 Å². The van der Waals surface area contributed by atoms with E-state index >= 15 is 0 Å². The van der Waals surface area contributed by atoms with Gasteiger partial charge < -0.3 is 9.84 Å². The molecule has 0 aromatic rings. The summed E-state index contributed by atoms with van der Waals surface area (Å²) < 4.78 is 6.19. The first-order valence-electron chi connectivity index (χ1n) is 10.3. The molecule has 3 nitrogen and oxygen atoms in total. The maximum absolute atomic E-state index is 12.6. The summed E-state index contributed by atoms with van der Waals surface area (Å²) >= 11 is 0. The molecule has 138 valence electrons. The van der Waals surface area contributed by atoms with Crippen LogP contribution in [0.5, 0.6) is 0 Å². The van der Waals surface area contributed by atoms with Gasteiger partial charge in [0.2, 0.25) is 0 Å². The third kappa shape index (κ3) is 1.69. The van der Waals surface area contributed by atoms with Gasteiger partial charge in [0.15, 0.2) is 11.4 Å². The highest BCUT2D eigenvalue weighted by Gasteiger charge is 2.85. The van der Waals surface area contributed by atoms with Gasteiger partial charge in [-0.2, -0.15) is 0 Å². The van der Waals surface area contributed by atoms with E-state index in [-0.39, 0.29) is 28.3 Å². The van der Waals surface area contributed by atoms with E-state index in [0.717, 1.165) is 38.5 Å². The minimum absolute atomic E-state index is 0.00460. The highest BCUT2D eigenvalue weighted by atomic mass is 16.6. The largest absolute Gasteiger partial charge is 0.393 e. The standard InChI is InChI=1S/C22H32O3/c1-13(23)22-20(3)10-8-17-16(18(20)12-21(22,4)25-22)6-5-14-11-15(24)7-9-19(14,17)2/h5,15-18,24H,6-12H2,1-4H3/t15-,16+,17-,18-,19-,20-,21+,22-/m0/s1. The number of carbonyl (C=O) groups excluding carboxylic acids is 1. The van der Waals surface area contributed by atoms with Crippen LogP contribution in [0.15, 0.2) is 11.6 Å². The Morgan fingerprint density at radius 2 is 1.96 bits per heavy atom. The van der Waals surface area contributed by atoms with E-state index in [1.54, 1.807) is 6.92 Å². The van der Waals surface area contributed by atoms with Gasteiger partial charge in [-0.1, -0.05) is 25.5 Å². The second-order valence-electron chi connectivity index (χ2n) is 10.4. The molecule has 3 heteroatoms. The molecule has 3 saturated carbocycles. The zero-order valence-electron chi connectivity index (χ0n) is 16.1. The van der Waals surface area contributed by atoms with E-state index in [1.807, 2.05) is 0 Å². The number of aliphatic hydroxyl groups excluding tert-OH is 1. The summed E-state index contributed by atoms with van der Waals surface area (Å²) in [6, 6.07) is 0. The van der Waals surface area contributed by atoms with Crippen LogP contribution in [0.3, 0.4) is 0 Å². The van der Waals surface area contributed by atoms with Crippen LogP contribution < -0.4 is 0 Å². The van der Waals surface area contributed by atoms with Crippen LogP contribution in [-0.4, -0.2) is 28.2 Å². The second kappa shape index (κ2) is 4.59. The molecule has 0 bridgehead atoms. The molecule has 0 aromatic heterocycles. The Labute approximate surface area is 151 Å². The smallest absolute Gasteiger partial charge is 0.165 e. The predicted molar refractivity (Wildman–Crippen MR) is 96.0 cm³/mol. The Hall–Kier alpha value is -0.670. The fraction of sp³-hybridized carbons (Fsp3) is 0.864. The van der Waals surface area contributed by atoms with Crippen LogP contribution in [0.2, 0.25) is 0 Å². The Balaban J connectivity index is 1.53. The van der Waals surface area contributed by atoms with Crippen molar-refractivity contribution >= 4 is 5.78 Å². The number of rotatable bonds is 1. The number of epoxide rings is 1. The van der Waals surface area contributed by atoms with Crippen molar-refractivity contribution in [3.05, 3.63) is 11.6 Å². The average Bonchev–Trinajstić information content (AvgIpc) is 3.13. The van der Waals surface area contributed by atoms with Crippen molar-refractivity contribution in [2.45, 2.75) is 89.9 Å². The zero-order chi connectivity index (χ0) is 17.8. The van der Waals surface area contributed by atoms with Gasteiger partial charge in [-0.3, -0.25) is 4.79 Å². The van der Waals surface area contributed by atoms with Gasteiger partial charge in [-0.05, 0) is 82.0 Å². The van der Waals surface area contributed by atoms with Crippen LogP contribution in [0.25, 0.3) is 0 Å². The Kier molecular flexibility index (Phi) is 3.03. The zero-order valence-corrected chi connectivity index (χ0v) is 16.1. The number of carbonyl (C=O) groups is 1. The maximum Gasteiger partial charge on any atom is 0.165 e. The molecule has 1 N–H and O–H groups in total. The first-order valence-corrected chi connectivity index (χ1v) is 10.3. The van der Waals surface area contributed by atoms with Crippen molar-refractivity contribution in [3.63, 3.8) is 0 Å². The highest BCUT2D eigenvalue weighted by Crippen LogP contribution is 2.77. The van der Waals surface area contributed by atoms with E-state index in [4.69, 9.17) is 4.74 Å². The number of Topliss-reactive ketones (excluding diaryl/α,β-unsaturated/α-hetero) is 1. The summed E-state index contributed by atoms with van der Waals surface area (Å²) in [7, 11) is 0. The molecule has 4 fully saturated rings. The number of hydrogen-bond acceptors (Lipinski definition) is 3. The fourth-order valence-electron chi connectivity index (χ4n) is 8.26. The molecule has 0 amide bonds. The Bertz CT molecular complexity index is 683. The molecule has 0 unspecified atom stereocenters. The maximum atomic E-state index is 12.6. The van der Waals surface area contributed by atoms with Gasteiger partial charge >= 0.3 is 0 Å². The van der Waals surface area contributed by atoms with Gasteiger partial charge in [0.25, 0.3) is 0 Å². The number of ketones is 1. The number of fused-ring (bicyclic) bond motifs is 7.